The zero-order valence-corrected chi connectivity index (χ0v) is 21.2. The number of piperidine rings is 1. The van der Waals surface area contributed by atoms with Crippen LogP contribution in [0.2, 0.25) is 5.02 Å². The second-order valence-electron chi connectivity index (χ2n) is 11.1. The quantitative estimate of drug-likeness (QED) is 0.557. The number of aliphatic hydroxyl groups is 1. The summed E-state index contributed by atoms with van der Waals surface area (Å²) in [6.45, 7) is 9.69. The lowest BCUT2D eigenvalue weighted by molar-refractivity contribution is -0.141. The van der Waals surface area contributed by atoms with Gasteiger partial charge in [0.2, 0.25) is 11.8 Å². The molecule has 1 aliphatic carbocycles. The summed E-state index contributed by atoms with van der Waals surface area (Å²) in [5.74, 6) is 0.0206. The average molecular weight is 478 g/mol. The van der Waals surface area contributed by atoms with Crippen LogP contribution in [-0.4, -0.2) is 53.1 Å². The van der Waals surface area contributed by atoms with Crippen molar-refractivity contribution in [2.45, 2.75) is 77.3 Å². The second kappa shape index (κ2) is 10.3. The number of nitrogens with one attached hydrogen (secondary N) is 1. The first-order chi connectivity index (χ1) is 15.5. The molecule has 1 heterocycles. The van der Waals surface area contributed by atoms with Gasteiger partial charge in [-0.2, -0.15) is 0 Å². The van der Waals surface area contributed by atoms with Crippen molar-refractivity contribution in [2.24, 2.45) is 23.0 Å². The Morgan fingerprint density at radius 2 is 1.91 bits per heavy atom. The number of nitrogens with two attached hydrogens (primary N) is 1. The number of aliphatic hydroxyl groups excluding tert-OH is 1. The van der Waals surface area contributed by atoms with E-state index in [1.807, 2.05) is 30.9 Å². The summed E-state index contributed by atoms with van der Waals surface area (Å²) in [6, 6.07) is 7.47. The molecule has 6 nitrogen and oxygen atoms in total. The highest BCUT2D eigenvalue weighted by Gasteiger charge is 2.42. The van der Waals surface area contributed by atoms with E-state index in [0.29, 0.717) is 38.3 Å². The lowest BCUT2D eigenvalue weighted by Crippen LogP contribution is -2.56. The van der Waals surface area contributed by atoms with E-state index in [4.69, 9.17) is 17.3 Å². The van der Waals surface area contributed by atoms with Crippen LogP contribution in [-0.2, 0) is 9.59 Å². The first-order valence-corrected chi connectivity index (χ1v) is 12.6. The van der Waals surface area contributed by atoms with Crippen molar-refractivity contribution < 1.29 is 14.7 Å². The van der Waals surface area contributed by atoms with Gasteiger partial charge in [0.25, 0.3) is 0 Å². The SMILES string of the molecule is CC(C)C(NC(=O)C1CCC(N)(CCO)C1)C(=O)N1CCC(c2ccc(Cl)cc2)C(C)(C)C1. The van der Waals surface area contributed by atoms with Gasteiger partial charge in [-0.25, -0.2) is 0 Å². The summed E-state index contributed by atoms with van der Waals surface area (Å²) in [5.41, 5.74) is 7.01. The van der Waals surface area contributed by atoms with E-state index in [-0.39, 0.29) is 35.7 Å². The Balaban J connectivity index is 1.65. The topological polar surface area (TPSA) is 95.7 Å². The maximum atomic E-state index is 13.5. The molecule has 4 atom stereocenters. The van der Waals surface area contributed by atoms with Gasteiger partial charge in [0, 0.05) is 36.2 Å². The molecule has 2 amide bonds. The third-order valence-electron chi connectivity index (χ3n) is 7.67. The Morgan fingerprint density at radius 3 is 2.48 bits per heavy atom. The fourth-order valence-electron chi connectivity index (χ4n) is 5.67. The number of halogens is 1. The van der Waals surface area contributed by atoms with Gasteiger partial charge in [-0.1, -0.05) is 51.4 Å². The minimum absolute atomic E-state index is 0.00616. The van der Waals surface area contributed by atoms with Gasteiger partial charge < -0.3 is 21.1 Å². The average Bonchev–Trinajstić information content (AvgIpc) is 3.13. The number of nitrogens with zero attached hydrogens (tertiary/aromatic N) is 1. The van der Waals surface area contributed by atoms with Crippen molar-refractivity contribution in [2.75, 3.05) is 19.7 Å². The van der Waals surface area contributed by atoms with Crippen LogP contribution in [0.4, 0.5) is 0 Å². The van der Waals surface area contributed by atoms with Crippen LogP contribution in [0.25, 0.3) is 0 Å². The van der Waals surface area contributed by atoms with Crippen LogP contribution in [0.15, 0.2) is 24.3 Å². The van der Waals surface area contributed by atoms with E-state index in [1.54, 1.807) is 0 Å². The van der Waals surface area contributed by atoms with Crippen molar-refractivity contribution in [1.82, 2.24) is 10.2 Å². The Hall–Kier alpha value is -1.63. The largest absolute Gasteiger partial charge is 0.396 e. The van der Waals surface area contributed by atoms with E-state index in [9.17, 15) is 14.7 Å². The van der Waals surface area contributed by atoms with Crippen molar-refractivity contribution in [3.63, 3.8) is 0 Å². The highest BCUT2D eigenvalue weighted by molar-refractivity contribution is 6.30. The van der Waals surface area contributed by atoms with Crippen molar-refractivity contribution in [1.29, 1.82) is 0 Å². The van der Waals surface area contributed by atoms with Crippen molar-refractivity contribution in [3.8, 4) is 0 Å². The molecular formula is C26H40ClN3O3. The zero-order valence-electron chi connectivity index (χ0n) is 20.4. The summed E-state index contributed by atoms with van der Waals surface area (Å²) < 4.78 is 0. The van der Waals surface area contributed by atoms with E-state index < -0.39 is 11.6 Å². The summed E-state index contributed by atoms with van der Waals surface area (Å²) in [5, 5.41) is 13.0. The molecule has 1 saturated heterocycles. The summed E-state index contributed by atoms with van der Waals surface area (Å²) in [4.78, 5) is 28.5. The molecule has 33 heavy (non-hydrogen) atoms. The summed E-state index contributed by atoms with van der Waals surface area (Å²) in [7, 11) is 0. The molecule has 4 unspecified atom stereocenters. The van der Waals surface area contributed by atoms with Gasteiger partial charge >= 0.3 is 0 Å². The molecule has 0 radical (unpaired) electrons. The Kier molecular flexibility index (Phi) is 8.13. The number of hydrogen-bond acceptors (Lipinski definition) is 4. The molecule has 0 bridgehead atoms. The molecule has 1 aromatic carbocycles. The second-order valence-corrected chi connectivity index (χ2v) is 11.6. The molecule has 2 aliphatic rings. The summed E-state index contributed by atoms with van der Waals surface area (Å²) in [6.07, 6.45) is 3.34. The molecule has 184 valence electrons. The molecule has 0 spiro atoms. The highest BCUT2D eigenvalue weighted by atomic mass is 35.5. The minimum atomic E-state index is -0.550. The Bertz CT molecular complexity index is 842. The molecule has 1 aliphatic heterocycles. The van der Waals surface area contributed by atoms with Gasteiger partial charge in [0.15, 0.2) is 0 Å². The highest BCUT2D eigenvalue weighted by Crippen LogP contribution is 2.42. The van der Waals surface area contributed by atoms with E-state index in [0.717, 1.165) is 17.9 Å². The molecule has 2 fully saturated rings. The number of likely N-dealkylation sites (tertiary alicyclic amines) is 1. The van der Waals surface area contributed by atoms with Crippen molar-refractivity contribution >= 4 is 23.4 Å². The fourth-order valence-corrected chi connectivity index (χ4v) is 5.80. The van der Waals surface area contributed by atoms with Gasteiger partial charge in [0.1, 0.15) is 6.04 Å². The Morgan fingerprint density at radius 1 is 1.24 bits per heavy atom. The number of benzene rings is 1. The molecular weight excluding hydrogens is 438 g/mol. The molecule has 1 aromatic rings. The number of hydrogen-bond donors (Lipinski definition) is 3. The number of rotatable bonds is 7. The smallest absolute Gasteiger partial charge is 0.245 e. The van der Waals surface area contributed by atoms with Crippen LogP contribution < -0.4 is 11.1 Å². The lowest BCUT2D eigenvalue weighted by atomic mass is 9.70. The molecule has 3 rings (SSSR count). The van der Waals surface area contributed by atoms with Gasteiger partial charge in [-0.15, -0.1) is 0 Å². The zero-order chi connectivity index (χ0) is 24.4. The maximum absolute atomic E-state index is 13.5. The molecule has 1 saturated carbocycles. The standard InChI is InChI=1S/C26H40ClN3O3/c1-17(2)22(29-23(32)19-9-11-26(28,15-19)12-14-31)24(33)30-13-10-21(25(3,4)16-30)18-5-7-20(27)8-6-18/h5-8,17,19,21-22,31H,9-16,28H2,1-4H3,(H,29,32). The molecule has 0 aromatic heterocycles. The first kappa shape index (κ1) is 26.0. The van der Waals surface area contributed by atoms with Crippen LogP contribution in [0.5, 0.6) is 0 Å². The van der Waals surface area contributed by atoms with Crippen LogP contribution in [0.1, 0.15) is 71.3 Å². The van der Waals surface area contributed by atoms with Gasteiger partial charge in [-0.3, -0.25) is 9.59 Å². The van der Waals surface area contributed by atoms with Gasteiger partial charge in [0.05, 0.1) is 0 Å². The molecule has 4 N–H and O–H groups in total. The van der Waals surface area contributed by atoms with E-state index >= 15 is 0 Å². The van der Waals surface area contributed by atoms with Crippen molar-refractivity contribution in [3.05, 3.63) is 34.9 Å². The normalized spacial score (nSPS) is 28.1. The first-order valence-electron chi connectivity index (χ1n) is 12.2. The predicted molar refractivity (Wildman–Crippen MR) is 132 cm³/mol. The molecule has 7 heteroatoms. The minimum Gasteiger partial charge on any atom is -0.396 e. The third kappa shape index (κ3) is 6.09. The van der Waals surface area contributed by atoms with Crippen LogP contribution in [0, 0.1) is 17.3 Å². The summed E-state index contributed by atoms with van der Waals surface area (Å²) >= 11 is 6.07. The number of amides is 2. The predicted octanol–water partition coefficient (Wildman–Crippen LogP) is 3.70. The maximum Gasteiger partial charge on any atom is 0.245 e. The number of carbonyl (C=O) groups is 2. The number of carbonyl (C=O) groups excluding carboxylic acids is 2. The fraction of sp³-hybridized carbons (Fsp3) is 0.692. The monoisotopic (exact) mass is 477 g/mol. The van der Waals surface area contributed by atoms with E-state index in [2.05, 4.69) is 31.3 Å². The lowest BCUT2D eigenvalue weighted by Gasteiger charge is -2.46. The third-order valence-corrected chi connectivity index (χ3v) is 7.92. The van der Waals surface area contributed by atoms with Crippen LogP contribution in [0.3, 0.4) is 0 Å². The Labute approximate surface area is 203 Å². The van der Waals surface area contributed by atoms with Gasteiger partial charge in [-0.05, 0) is 67.1 Å². The van der Waals surface area contributed by atoms with Crippen LogP contribution >= 0.6 is 11.6 Å². The van der Waals surface area contributed by atoms with E-state index in [1.165, 1.54) is 5.56 Å².